The molecule has 2 N–H and O–H groups in total. The Kier molecular flexibility index (Phi) is 8.09. The molecular weight excluding hydrogens is 547 g/mol. The number of amides is 1. The Hall–Kier alpha value is -3.81. The van der Waals surface area contributed by atoms with Crippen LogP contribution in [0.1, 0.15) is 29.2 Å². The van der Waals surface area contributed by atoms with Gasteiger partial charge in [-0.2, -0.15) is 0 Å². The third kappa shape index (κ3) is 6.01. The molecule has 4 rings (SSSR count). The second-order valence-electron chi connectivity index (χ2n) is 7.97. The van der Waals surface area contributed by atoms with Crippen molar-refractivity contribution in [3.63, 3.8) is 0 Å². The standard InChI is InChI=1S/C25H25N5O5S3/c1-3-23-27-28-25(36-23)29-37(32,33)21-16-12-19(13-17-21)26-24(31)18-10-14-22(15-11-18)38(34,35)30(4-2)20-8-6-5-7-9-20/h5-17H,3-4H2,1-2H3,(H,26,31)(H,28,29). The molecule has 0 fully saturated rings. The van der Waals surface area contributed by atoms with E-state index >= 15 is 0 Å². The van der Waals surface area contributed by atoms with Crippen LogP contribution in [0.4, 0.5) is 16.5 Å². The van der Waals surface area contributed by atoms with Crippen molar-refractivity contribution in [1.82, 2.24) is 10.2 Å². The lowest BCUT2D eigenvalue weighted by Gasteiger charge is -2.23. The summed E-state index contributed by atoms with van der Waals surface area (Å²) in [6.07, 6.45) is 0.650. The molecule has 13 heteroatoms. The summed E-state index contributed by atoms with van der Waals surface area (Å²) in [5.74, 6) is -0.473. The summed E-state index contributed by atoms with van der Waals surface area (Å²) in [4.78, 5) is 12.8. The van der Waals surface area contributed by atoms with Crippen LogP contribution < -0.4 is 14.3 Å². The third-order valence-electron chi connectivity index (χ3n) is 5.45. The molecule has 1 aromatic heterocycles. The van der Waals surface area contributed by atoms with Gasteiger partial charge in [0.1, 0.15) is 5.01 Å². The SMILES string of the molecule is CCc1nnc(NS(=O)(=O)c2ccc(NC(=O)c3ccc(S(=O)(=O)N(CC)c4ccccc4)cc3)cc2)s1. The molecule has 10 nitrogen and oxygen atoms in total. The van der Waals surface area contributed by atoms with Crippen molar-refractivity contribution in [2.24, 2.45) is 0 Å². The first-order chi connectivity index (χ1) is 18.1. The molecule has 0 saturated carbocycles. The number of hydrogen-bond acceptors (Lipinski definition) is 8. The van der Waals surface area contributed by atoms with E-state index in [1.807, 2.05) is 13.0 Å². The van der Waals surface area contributed by atoms with Crippen LogP contribution in [-0.2, 0) is 26.5 Å². The minimum absolute atomic E-state index is 0.00259. The number of benzene rings is 3. The van der Waals surface area contributed by atoms with Crippen molar-refractivity contribution in [3.05, 3.63) is 89.4 Å². The zero-order chi connectivity index (χ0) is 27.3. The molecule has 3 aromatic carbocycles. The molecule has 0 saturated heterocycles. The number of carbonyl (C=O) groups excluding carboxylic acids is 1. The summed E-state index contributed by atoms with van der Waals surface area (Å²) in [6.45, 7) is 3.89. The number of anilines is 3. The van der Waals surface area contributed by atoms with Gasteiger partial charge in [-0.25, -0.2) is 16.8 Å². The number of rotatable bonds is 10. The molecule has 0 atom stereocenters. The first-order valence-electron chi connectivity index (χ1n) is 11.6. The molecule has 0 radical (unpaired) electrons. The highest BCUT2D eigenvalue weighted by Crippen LogP contribution is 2.24. The summed E-state index contributed by atoms with van der Waals surface area (Å²) < 4.78 is 55.2. The number of sulfonamides is 2. The number of para-hydroxylation sites is 1. The number of nitrogens with zero attached hydrogens (tertiary/aromatic N) is 3. The van der Waals surface area contributed by atoms with Crippen LogP contribution in [-0.4, -0.2) is 39.5 Å². The van der Waals surface area contributed by atoms with Crippen molar-refractivity contribution < 1.29 is 21.6 Å². The van der Waals surface area contributed by atoms with Gasteiger partial charge in [-0.15, -0.1) is 10.2 Å². The Balaban J connectivity index is 1.44. The van der Waals surface area contributed by atoms with E-state index < -0.39 is 26.0 Å². The van der Waals surface area contributed by atoms with Crippen molar-refractivity contribution in [3.8, 4) is 0 Å². The fourth-order valence-corrected chi connectivity index (χ4v) is 6.91. The number of carbonyl (C=O) groups is 1. The van der Waals surface area contributed by atoms with Gasteiger partial charge in [0.05, 0.1) is 15.5 Å². The Morgan fingerprint density at radius 2 is 1.47 bits per heavy atom. The Bertz CT molecular complexity index is 1620. The normalized spacial score (nSPS) is 11.6. The average molecular weight is 572 g/mol. The largest absolute Gasteiger partial charge is 0.322 e. The summed E-state index contributed by atoms with van der Waals surface area (Å²) in [7, 11) is -7.69. The molecule has 198 valence electrons. The average Bonchev–Trinajstić information content (AvgIpc) is 3.37. The van der Waals surface area contributed by atoms with Crippen LogP contribution in [0.2, 0.25) is 0 Å². The highest BCUT2D eigenvalue weighted by atomic mass is 32.2. The summed E-state index contributed by atoms with van der Waals surface area (Å²) in [6, 6.07) is 20.0. The smallest absolute Gasteiger partial charge is 0.264 e. The summed E-state index contributed by atoms with van der Waals surface area (Å²) in [5.41, 5.74) is 1.16. The van der Waals surface area contributed by atoms with Crippen LogP contribution in [0.3, 0.4) is 0 Å². The van der Waals surface area contributed by atoms with Gasteiger partial charge in [0.2, 0.25) is 5.13 Å². The van der Waals surface area contributed by atoms with Gasteiger partial charge in [-0.1, -0.05) is 36.5 Å². The Morgan fingerprint density at radius 3 is 2.05 bits per heavy atom. The lowest BCUT2D eigenvalue weighted by molar-refractivity contribution is 0.102. The van der Waals surface area contributed by atoms with Crippen LogP contribution in [0.15, 0.2) is 88.7 Å². The first kappa shape index (κ1) is 27.2. The van der Waals surface area contributed by atoms with Crippen LogP contribution in [0.25, 0.3) is 0 Å². The zero-order valence-corrected chi connectivity index (χ0v) is 23.0. The maximum Gasteiger partial charge on any atom is 0.264 e. The predicted molar refractivity (Wildman–Crippen MR) is 148 cm³/mol. The molecule has 0 bridgehead atoms. The predicted octanol–water partition coefficient (Wildman–Crippen LogP) is 4.37. The van der Waals surface area contributed by atoms with E-state index in [1.165, 1.54) is 52.8 Å². The monoisotopic (exact) mass is 571 g/mol. The number of hydrogen-bond donors (Lipinski definition) is 2. The van der Waals surface area contributed by atoms with Crippen LogP contribution >= 0.6 is 11.3 Å². The second kappa shape index (κ2) is 11.3. The molecule has 0 aliphatic heterocycles. The van der Waals surface area contributed by atoms with Crippen molar-refractivity contribution >= 4 is 53.8 Å². The summed E-state index contributed by atoms with van der Waals surface area (Å²) in [5, 5.41) is 11.3. The van der Waals surface area contributed by atoms with E-state index in [2.05, 4.69) is 20.2 Å². The number of aryl methyl sites for hydroxylation is 1. The lowest BCUT2D eigenvalue weighted by Crippen LogP contribution is -2.30. The van der Waals surface area contributed by atoms with Gasteiger partial charge in [0, 0.05) is 17.8 Å². The van der Waals surface area contributed by atoms with E-state index in [-0.39, 0.29) is 27.0 Å². The molecular formula is C25H25N5O5S3. The Labute approximate surface area is 225 Å². The molecule has 0 aliphatic carbocycles. The van der Waals surface area contributed by atoms with Crippen LogP contribution in [0, 0.1) is 0 Å². The topological polar surface area (TPSA) is 138 Å². The highest BCUT2D eigenvalue weighted by Gasteiger charge is 2.24. The van der Waals surface area contributed by atoms with E-state index in [4.69, 9.17) is 0 Å². The van der Waals surface area contributed by atoms with Crippen molar-refractivity contribution in [1.29, 1.82) is 0 Å². The van der Waals surface area contributed by atoms with Crippen LogP contribution in [0.5, 0.6) is 0 Å². The molecule has 38 heavy (non-hydrogen) atoms. The quantitative estimate of drug-likeness (QED) is 0.288. The Morgan fingerprint density at radius 1 is 0.842 bits per heavy atom. The van der Waals surface area contributed by atoms with Gasteiger partial charge in [0.15, 0.2) is 0 Å². The molecule has 1 heterocycles. The molecule has 0 unspecified atom stereocenters. The van der Waals surface area contributed by atoms with E-state index in [0.717, 1.165) is 11.3 Å². The van der Waals surface area contributed by atoms with Crippen molar-refractivity contribution in [2.45, 2.75) is 30.1 Å². The molecule has 0 spiro atoms. The van der Waals surface area contributed by atoms with Gasteiger partial charge in [-0.05, 0) is 74.0 Å². The molecule has 0 aliphatic rings. The minimum atomic E-state index is -3.87. The minimum Gasteiger partial charge on any atom is -0.322 e. The van der Waals surface area contributed by atoms with Gasteiger partial charge in [-0.3, -0.25) is 13.8 Å². The lowest BCUT2D eigenvalue weighted by atomic mass is 10.2. The fourth-order valence-electron chi connectivity index (χ4n) is 3.52. The van der Waals surface area contributed by atoms with Crippen molar-refractivity contribution in [2.75, 3.05) is 20.9 Å². The highest BCUT2D eigenvalue weighted by molar-refractivity contribution is 7.93. The summed E-state index contributed by atoms with van der Waals surface area (Å²) >= 11 is 1.16. The van der Waals surface area contributed by atoms with Gasteiger partial charge in [0.25, 0.3) is 26.0 Å². The first-order valence-corrected chi connectivity index (χ1v) is 15.3. The third-order valence-corrected chi connectivity index (χ3v) is 9.83. The number of nitrogens with one attached hydrogen (secondary N) is 2. The van der Waals surface area contributed by atoms with Gasteiger partial charge >= 0.3 is 0 Å². The fraction of sp³-hybridized carbons (Fsp3) is 0.160. The molecule has 1 amide bonds. The maximum atomic E-state index is 13.1. The zero-order valence-electron chi connectivity index (χ0n) is 20.5. The second-order valence-corrected chi connectivity index (χ2v) is 12.6. The van der Waals surface area contributed by atoms with E-state index in [9.17, 15) is 21.6 Å². The molecule has 4 aromatic rings. The van der Waals surface area contributed by atoms with E-state index in [0.29, 0.717) is 22.8 Å². The number of aromatic nitrogens is 2. The maximum absolute atomic E-state index is 13.1. The van der Waals surface area contributed by atoms with Gasteiger partial charge < -0.3 is 5.32 Å². The van der Waals surface area contributed by atoms with E-state index in [1.54, 1.807) is 31.2 Å².